The van der Waals surface area contributed by atoms with E-state index in [2.05, 4.69) is 10.2 Å². The molecule has 2 aliphatic rings. The number of benzene rings is 3. The summed E-state index contributed by atoms with van der Waals surface area (Å²) < 4.78 is 13.6. The number of imide groups is 1. The summed E-state index contributed by atoms with van der Waals surface area (Å²) in [5, 5.41) is 3.19. The van der Waals surface area contributed by atoms with Gasteiger partial charge in [0, 0.05) is 24.5 Å². The Morgan fingerprint density at radius 3 is 2.15 bits per heavy atom. The van der Waals surface area contributed by atoms with E-state index in [4.69, 9.17) is 0 Å². The average molecular weight is 456 g/mol. The Labute approximate surface area is 198 Å². The third-order valence-corrected chi connectivity index (χ3v) is 6.42. The highest BCUT2D eigenvalue weighted by atomic mass is 19.1. The molecule has 1 fully saturated rings. The minimum Gasteiger partial charge on any atom is -0.372 e. The van der Waals surface area contributed by atoms with Gasteiger partial charge in [-0.25, -0.2) is 9.29 Å². The van der Waals surface area contributed by atoms with E-state index in [1.54, 1.807) is 6.07 Å². The number of halogens is 1. The minimum absolute atomic E-state index is 0.186. The molecule has 2 amide bonds. The predicted octanol–water partition coefficient (Wildman–Crippen LogP) is 5.44. The van der Waals surface area contributed by atoms with E-state index in [0.717, 1.165) is 29.9 Å². The number of nitrogens with zero attached hydrogens (tertiary/aromatic N) is 2. The van der Waals surface area contributed by atoms with E-state index in [-0.39, 0.29) is 11.3 Å². The Morgan fingerprint density at radius 2 is 1.50 bits per heavy atom. The van der Waals surface area contributed by atoms with Crippen molar-refractivity contribution >= 4 is 34.4 Å². The summed E-state index contributed by atoms with van der Waals surface area (Å²) in [6, 6.07) is 19.1. The van der Waals surface area contributed by atoms with Crippen molar-refractivity contribution in [3.63, 3.8) is 0 Å². The molecule has 5 nitrogen and oxygen atoms in total. The lowest BCUT2D eigenvalue weighted by Crippen LogP contribution is -2.33. The maximum absolute atomic E-state index is 13.6. The van der Waals surface area contributed by atoms with Gasteiger partial charge in [0.2, 0.25) is 0 Å². The summed E-state index contributed by atoms with van der Waals surface area (Å²) in [5.41, 5.74) is 5.17. The van der Waals surface area contributed by atoms with E-state index >= 15 is 0 Å². The van der Waals surface area contributed by atoms with Crippen LogP contribution >= 0.6 is 0 Å². The van der Waals surface area contributed by atoms with Crippen molar-refractivity contribution in [2.45, 2.75) is 26.7 Å². The maximum atomic E-state index is 13.6. The second-order valence-electron chi connectivity index (χ2n) is 8.86. The molecule has 172 valence electrons. The van der Waals surface area contributed by atoms with Crippen LogP contribution < -0.4 is 15.1 Å². The highest BCUT2D eigenvalue weighted by Crippen LogP contribution is 2.35. The summed E-state index contributed by atoms with van der Waals surface area (Å²) in [6.45, 7) is 5.93. The molecule has 2 heterocycles. The molecule has 3 aromatic rings. The van der Waals surface area contributed by atoms with Crippen LogP contribution in [-0.2, 0) is 9.59 Å². The van der Waals surface area contributed by atoms with Crippen LogP contribution in [0.25, 0.3) is 5.57 Å². The van der Waals surface area contributed by atoms with Crippen LogP contribution in [-0.4, -0.2) is 24.9 Å². The van der Waals surface area contributed by atoms with Gasteiger partial charge in [-0.05, 0) is 80.3 Å². The normalized spacial score (nSPS) is 16.1. The Kier molecular flexibility index (Phi) is 5.65. The van der Waals surface area contributed by atoms with Crippen LogP contribution in [0.4, 0.5) is 21.5 Å². The van der Waals surface area contributed by atoms with Gasteiger partial charge in [-0.1, -0.05) is 29.8 Å². The van der Waals surface area contributed by atoms with E-state index < -0.39 is 17.6 Å². The smallest absolute Gasteiger partial charge is 0.282 e. The summed E-state index contributed by atoms with van der Waals surface area (Å²) in [7, 11) is 0. The summed E-state index contributed by atoms with van der Waals surface area (Å²) in [4.78, 5) is 30.7. The van der Waals surface area contributed by atoms with Crippen LogP contribution in [0.5, 0.6) is 0 Å². The topological polar surface area (TPSA) is 52.7 Å². The molecule has 0 saturated carbocycles. The van der Waals surface area contributed by atoms with Gasteiger partial charge in [-0.3, -0.25) is 9.59 Å². The molecule has 0 unspecified atom stereocenters. The van der Waals surface area contributed by atoms with Gasteiger partial charge in [0.1, 0.15) is 11.5 Å². The first-order valence-corrected chi connectivity index (χ1v) is 11.5. The van der Waals surface area contributed by atoms with E-state index in [9.17, 15) is 14.0 Å². The number of hydrogen-bond donors (Lipinski definition) is 1. The SMILES string of the molecule is Cc1ccc(N2C(=O)C(Nc3ccc(N4CCCC4)cc3)=C(c3ccc(F)cc3)C2=O)c(C)c1. The van der Waals surface area contributed by atoms with Crippen molar-refractivity contribution in [3.05, 3.63) is 94.9 Å². The number of amides is 2. The number of aryl methyl sites for hydroxylation is 2. The molecule has 34 heavy (non-hydrogen) atoms. The van der Waals surface area contributed by atoms with Crippen molar-refractivity contribution in [2.75, 3.05) is 28.2 Å². The number of rotatable bonds is 5. The van der Waals surface area contributed by atoms with Gasteiger partial charge < -0.3 is 10.2 Å². The molecular weight excluding hydrogens is 429 g/mol. The Balaban J connectivity index is 1.53. The molecule has 6 heteroatoms. The van der Waals surface area contributed by atoms with E-state index in [1.807, 2.05) is 50.2 Å². The molecule has 5 rings (SSSR count). The monoisotopic (exact) mass is 455 g/mol. The summed E-state index contributed by atoms with van der Waals surface area (Å²) in [5.74, 6) is -1.26. The van der Waals surface area contributed by atoms with Crippen molar-refractivity contribution < 1.29 is 14.0 Å². The average Bonchev–Trinajstić information content (AvgIpc) is 3.44. The first-order valence-electron chi connectivity index (χ1n) is 11.5. The van der Waals surface area contributed by atoms with Crippen molar-refractivity contribution in [1.82, 2.24) is 0 Å². The van der Waals surface area contributed by atoms with Crippen molar-refractivity contribution in [3.8, 4) is 0 Å². The largest absolute Gasteiger partial charge is 0.372 e. The van der Waals surface area contributed by atoms with Crippen LogP contribution in [0.3, 0.4) is 0 Å². The molecule has 0 aromatic heterocycles. The fourth-order valence-corrected chi connectivity index (χ4v) is 4.68. The first kappa shape index (κ1) is 21.9. The van der Waals surface area contributed by atoms with Crippen molar-refractivity contribution in [1.29, 1.82) is 0 Å². The van der Waals surface area contributed by atoms with Gasteiger partial charge in [-0.15, -0.1) is 0 Å². The van der Waals surface area contributed by atoms with Gasteiger partial charge in [-0.2, -0.15) is 0 Å². The lowest BCUT2D eigenvalue weighted by Gasteiger charge is -2.19. The van der Waals surface area contributed by atoms with Gasteiger partial charge in [0.25, 0.3) is 11.8 Å². The third kappa shape index (κ3) is 3.96. The van der Waals surface area contributed by atoms with Crippen molar-refractivity contribution in [2.24, 2.45) is 0 Å². The van der Waals surface area contributed by atoms with E-state index in [0.29, 0.717) is 16.9 Å². The van der Waals surface area contributed by atoms with Crippen LogP contribution in [0.1, 0.15) is 29.5 Å². The highest BCUT2D eigenvalue weighted by Gasteiger charge is 2.40. The molecule has 2 aliphatic heterocycles. The number of hydrogen-bond acceptors (Lipinski definition) is 4. The summed E-state index contributed by atoms with van der Waals surface area (Å²) in [6.07, 6.45) is 2.39. The molecule has 1 saturated heterocycles. The number of anilines is 3. The zero-order valence-electron chi connectivity index (χ0n) is 19.3. The van der Waals surface area contributed by atoms with Gasteiger partial charge >= 0.3 is 0 Å². The van der Waals surface area contributed by atoms with Crippen LogP contribution in [0.15, 0.2) is 72.4 Å². The fraction of sp³-hybridized carbons (Fsp3) is 0.214. The fourth-order valence-electron chi connectivity index (χ4n) is 4.68. The second-order valence-corrected chi connectivity index (χ2v) is 8.86. The van der Waals surface area contributed by atoms with E-state index in [1.165, 1.54) is 42.0 Å². The maximum Gasteiger partial charge on any atom is 0.282 e. The molecule has 0 bridgehead atoms. The minimum atomic E-state index is -0.431. The number of nitrogens with one attached hydrogen (secondary N) is 1. The molecule has 0 spiro atoms. The molecule has 1 N–H and O–H groups in total. The molecule has 0 aliphatic carbocycles. The summed E-state index contributed by atoms with van der Waals surface area (Å²) >= 11 is 0. The number of carbonyl (C=O) groups is 2. The van der Waals surface area contributed by atoms with Crippen LogP contribution in [0, 0.1) is 19.7 Å². The number of carbonyl (C=O) groups excluding carboxylic acids is 2. The molecule has 0 atom stereocenters. The van der Waals surface area contributed by atoms with Crippen LogP contribution in [0.2, 0.25) is 0 Å². The predicted molar refractivity (Wildman–Crippen MR) is 133 cm³/mol. The second kappa shape index (κ2) is 8.78. The Hall–Kier alpha value is -3.93. The standard InChI is InChI=1S/C28H26FN3O2/c1-18-5-14-24(19(2)17-18)32-27(33)25(20-6-8-21(29)9-7-20)26(28(32)34)30-22-10-12-23(13-11-22)31-15-3-4-16-31/h5-14,17,30H,3-4,15-16H2,1-2H3. The lowest BCUT2D eigenvalue weighted by atomic mass is 10.0. The quantitative estimate of drug-likeness (QED) is 0.521. The molecular formula is C28H26FN3O2. The highest BCUT2D eigenvalue weighted by molar-refractivity contribution is 6.46. The lowest BCUT2D eigenvalue weighted by molar-refractivity contribution is -0.120. The Morgan fingerprint density at radius 1 is 0.824 bits per heavy atom. The molecule has 0 radical (unpaired) electrons. The first-order chi connectivity index (χ1) is 16.4. The third-order valence-electron chi connectivity index (χ3n) is 6.42. The zero-order valence-corrected chi connectivity index (χ0v) is 19.3. The molecule has 3 aromatic carbocycles. The van der Waals surface area contributed by atoms with Gasteiger partial charge in [0.05, 0.1) is 11.3 Å². The zero-order chi connectivity index (χ0) is 23.8. The van der Waals surface area contributed by atoms with Gasteiger partial charge in [0.15, 0.2) is 0 Å². The Bertz CT molecular complexity index is 1290.